The highest BCUT2D eigenvalue weighted by Gasteiger charge is 2.24. The third-order valence-corrected chi connectivity index (χ3v) is 4.43. The number of nitrogens with one attached hydrogen (secondary N) is 2. The number of piperidine rings is 1. The molecular formula is C17H32IN7O2. The van der Waals surface area contributed by atoms with Gasteiger partial charge in [-0.25, -0.2) is 9.98 Å². The number of aromatic nitrogens is 3. The summed E-state index contributed by atoms with van der Waals surface area (Å²) >= 11 is 0. The van der Waals surface area contributed by atoms with Gasteiger partial charge in [0, 0.05) is 52.9 Å². The predicted octanol–water partition coefficient (Wildman–Crippen LogP) is 1.06. The number of amides is 1. The molecule has 0 unspecified atom stereocenters. The molecule has 154 valence electrons. The molecule has 1 aliphatic rings. The molecule has 0 radical (unpaired) electrons. The number of hydrogen-bond acceptors (Lipinski definition) is 5. The Morgan fingerprint density at radius 1 is 1.44 bits per heavy atom. The number of carbonyl (C=O) groups is 1. The van der Waals surface area contributed by atoms with Gasteiger partial charge in [0.05, 0.1) is 0 Å². The summed E-state index contributed by atoms with van der Waals surface area (Å²) in [5.41, 5.74) is 0. The van der Waals surface area contributed by atoms with Crippen molar-refractivity contribution in [3.63, 3.8) is 0 Å². The molecule has 0 bridgehead atoms. The van der Waals surface area contributed by atoms with E-state index in [2.05, 4.69) is 30.4 Å². The SMILES string of the molecule is CCOCCCNC(=NCC(=O)N(C)C)N1CCC(c2ncn[nH]2)CC1.I. The molecule has 9 nitrogen and oxygen atoms in total. The minimum Gasteiger partial charge on any atom is -0.382 e. The summed E-state index contributed by atoms with van der Waals surface area (Å²) in [4.78, 5) is 24.5. The van der Waals surface area contributed by atoms with Crippen LogP contribution in [0.5, 0.6) is 0 Å². The van der Waals surface area contributed by atoms with E-state index >= 15 is 0 Å². The van der Waals surface area contributed by atoms with Gasteiger partial charge in [-0.1, -0.05) is 0 Å². The Balaban J connectivity index is 0.00000364. The number of likely N-dealkylation sites (tertiary alicyclic amines) is 1. The number of guanidine groups is 1. The summed E-state index contributed by atoms with van der Waals surface area (Å²) in [6, 6.07) is 0. The second-order valence-electron chi connectivity index (χ2n) is 6.54. The van der Waals surface area contributed by atoms with Crippen LogP contribution in [-0.2, 0) is 9.53 Å². The maximum Gasteiger partial charge on any atom is 0.243 e. The van der Waals surface area contributed by atoms with Crippen LogP contribution in [0.25, 0.3) is 0 Å². The normalized spacial score (nSPS) is 15.4. The lowest BCUT2D eigenvalue weighted by Crippen LogP contribution is -2.46. The minimum absolute atomic E-state index is 0. The fourth-order valence-corrected chi connectivity index (χ4v) is 2.85. The summed E-state index contributed by atoms with van der Waals surface area (Å²) in [7, 11) is 3.49. The quantitative estimate of drug-likeness (QED) is 0.243. The first-order valence-corrected chi connectivity index (χ1v) is 9.28. The van der Waals surface area contributed by atoms with Crippen LogP contribution in [0.3, 0.4) is 0 Å². The lowest BCUT2D eigenvalue weighted by Gasteiger charge is -2.33. The van der Waals surface area contributed by atoms with E-state index in [0.717, 1.165) is 63.9 Å². The second-order valence-corrected chi connectivity index (χ2v) is 6.54. The molecule has 0 atom stereocenters. The Kier molecular flexibility index (Phi) is 11.3. The van der Waals surface area contributed by atoms with Gasteiger partial charge in [0.25, 0.3) is 0 Å². The monoisotopic (exact) mass is 493 g/mol. The van der Waals surface area contributed by atoms with Gasteiger partial charge in [0.15, 0.2) is 5.96 Å². The highest BCUT2D eigenvalue weighted by molar-refractivity contribution is 14.0. The molecule has 1 aromatic heterocycles. The predicted molar refractivity (Wildman–Crippen MR) is 115 cm³/mol. The lowest BCUT2D eigenvalue weighted by atomic mass is 9.96. The number of H-pyrrole nitrogens is 1. The molecule has 1 saturated heterocycles. The Morgan fingerprint density at radius 3 is 2.78 bits per heavy atom. The van der Waals surface area contributed by atoms with Gasteiger partial charge in [-0.2, -0.15) is 5.10 Å². The number of aromatic amines is 1. The highest BCUT2D eigenvalue weighted by atomic mass is 127. The molecule has 2 heterocycles. The van der Waals surface area contributed by atoms with Gasteiger partial charge in [-0.05, 0) is 26.2 Å². The van der Waals surface area contributed by atoms with Crippen LogP contribution >= 0.6 is 24.0 Å². The van der Waals surface area contributed by atoms with Crippen molar-refractivity contribution in [2.45, 2.75) is 32.1 Å². The van der Waals surface area contributed by atoms with Gasteiger partial charge >= 0.3 is 0 Å². The third kappa shape index (κ3) is 7.99. The fourth-order valence-electron chi connectivity index (χ4n) is 2.85. The van der Waals surface area contributed by atoms with E-state index in [1.807, 2.05) is 6.92 Å². The van der Waals surface area contributed by atoms with E-state index in [9.17, 15) is 4.79 Å². The summed E-state index contributed by atoms with van der Waals surface area (Å²) in [5.74, 6) is 2.15. The number of ether oxygens (including phenoxy) is 1. The van der Waals surface area contributed by atoms with Crippen molar-refractivity contribution < 1.29 is 9.53 Å². The molecule has 1 aromatic rings. The summed E-state index contributed by atoms with van der Waals surface area (Å²) in [5, 5.41) is 10.3. The average Bonchev–Trinajstić information content (AvgIpc) is 3.18. The summed E-state index contributed by atoms with van der Waals surface area (Å²) in [6.07, 6.45) is 4.43. The number of hydrogen-bond donors (Lipinski definition) is 2. The van der Waals surface area contributed by atoms with Crippen molar-refractivity contribution >= 4 is 35.8 Å². The first-order valence-electron chi connectivity index (χ1n) is 9.28. The Morgan fingerprint density at radius 2 is 2.19 bits per heavy atom. The zero-order chi connectivity index (χ0) is 18.8. The van der Waals surface area contributed by atoms with Crippen LogP contribution in [0.2, 0.25) is 0 Å². The van der Waals surface area contributed by atoms with Gasteiger partial charge in [-0.3, -0.25) is 9.89 Å². The molecule has 1 aliphatic heterocycles. The molecule has 2 N–H and O–H groups in total. The molecular weight excluding hydrogens is 461 g/mol. The fraction of sp³-hybridized carbons (Fsp3) is 0.765. The standard InChI is InChI=1S/C17H31N7O2.HI/c1-4-26-11-5-8-18-17(19-12-15(25)23(2)3)24-9-6-14(7-10-24)16-20-13-21-22-16;/h13-14H,4-12H2,1-3H3,(H,18,19)(H,20,21,22);1H. The van der Waals surface area contributed by atoms with E-state index < -0.39 is 0 Å². The molecule has 0 saturated carbocycles. The van der Waals surface area contributed by atoms with Crippen LogP contribution in [0.1, 0.15) is 37.9 Å². The number of carbonyl (C=O) groups excluding carboxylic acids is 1. The van der Waals surface area contributed by atoms with Gasteiger partial charge < -0.3 is 19.9 Å². The number of nitrogens with zero attached hydrogens (tertiary/aromatic N) is 5. The molecule has 0 aliphatic carbocycles. The third-order valence-electron chi connectivity index (χ3n) is 4.43. The number of rotatable bonds is 8. The van der Waals surface area contributed by atoms with Gasteiger partial charge in [0.1, 0.15) is 18.7 Å². The number of likely N-dealkylation sites (N-methyl/N-ethyl adjacent to an activating group) is 1. The first-order chi connectivity index (χ1) is 12.6. The van der Waals surface area contributed by atoms with E-state index in [-0.39, 0.29) is 36.4 Å². The maximum absolute atomic E-state index is 11.9. The van der Waals surface area contributed by atoms with Crippen molar-refractivity contribution in [1.82, 2.24) is 30.3 Å². The number of aliphatic imine (C=N–C) groups is 1. The maximum atomic E-state index is 11.9. The largest absolute Gasteiger partial charge is 0.382 e. The summed E-state index contributed by atoms with van der Waals surface area (Å²) < 4.78 is 5.38. The van der Waals surface area contributed by atoms with Crippen LogP contribution in [-0.4, -0.2) is 90.3 Å². The first kappa shape index (κ1) is 23.6. The smallest absolute Gasteiger partial charge is 0.243 e. The van der Waals surface area contributed by atoms with Crippen LogP contribution in [0.4, 0.5) is 0 Å². The molecule has 27 heavy (non-hydrogen) atoms. The van der Waals surface area contributed by atoms with Crippen molar-refractivity contribution in [1.29, 1.82) is 0 Å². The topological polar surface area (TPSA) is 98.7 Å². The van der Waals surface area contributed by atoms with Crippen molar-refractivity contribution in [3.05, 3.63) is 12.2 Å². The van der Waals surface area contributed by atoms with Crippen molar-refractivity contribution in [3.8, 4) is 0 Å². The molecule has 2 rings (SSSR count). The second kappa shape index (κ2) is 12.9. The minimum atomic E-state index is -0.00448. The zero-order valence-corrected chi connectivity index (χ0v) is 18.8. The van der Waals surface area contributed by atoms with Crippen LogP contribution in [0.15, 0.2) is 11.3 Å². The van der Waals surface area contributed by atoms with E-state index in [0.29, 0.717) is 5.92 Å². The molecule has 1 fully saturated rings. The van der Waals surface area contributed by atoms with Crippen LogP contribution in [0, 0.1) is 0 Å². The van der Waals surface area contributed by atoms with Gasteiger partial charge in [-0.15, -0.1) is 24.0 Å². The molecule has 0 aromatic carbocycles. The van der Waals surface area contributed by atoms with Crippen molar-refractivity contribution in [2.24, 2.45) is 4.99 Å². The molecule has 0 spiro atoms. The van der Waals surface area contributed by atoms with Gasteiger partial charge in [0.2, 0.25) is 5.91 Å². The van der Waals surface area contributed by atoms with E-state index in [1.165, 1.54) is 0 Å². The van der Waals surface area contributed by atoms with E-state index in [1.54, 1.807) is 25.3 Å². The lowest BCUT2D eigenvalue weighted by molar-refractivity contribution is -0.127. The highest BCUT2D eigenvalue weighted by Crippen LogP contribution is 2.24. The van der Waals surface area contributed by atoms with E-state index in [4.69, 9.17) is 4.74 Å². The van der Waals surface area contributed by atoms with Crippen molar-refractivity contribution in [2.75, 3.05) is 53.5 Å². The number of halogens is 1. The Bertz CT molecular complexity index is 558. The Hall–Kier alpha value is -1.43. The summed E-state index contributed by atoms with van der Waals surface area (Å²) in [6.45, 7) is 6.12. The molecule has 1 amide bonds. The van der Waals surface area contributed by atoms with Crippen LogP contribution < -0.4 is 5.32 Å². The molecule has 10 heteroatoms. The average molecular weight is 493 g/mol. The zero-order valence-electron chi connectivity index (χ0n) is 16.5. The Labute approximate surface area is 178 Å².